The third-order valence-corrected chi connectivity index (χ3v) is 2.69. The van der Waals surface area contributed by atoms with Gasteiger partial charge < -0.3 is 9.47 Å². The summed E-state index contributed by atoms with van der Waals surface area (Å²) in [5.41, 5.74) is 1.24. The molecule has 1 aromatic heterocycles. The molecule has 0 saturated heterocycles. The van der Waals surface area contributed by atoms with Gasteiger partial charge in [0.15, 0.2) is 0 Å². The van der Waals surface area contributed by atoms with Crippen LogP contribution in [0.2, 0.25) is 0 Å². The number of amides is 1. The Hall–Kier alpha value is -1.25. The van der Waals surface area contributed by atoms with Crippen molar-refractivity contribution in [1.82, 2.24) is 9.47 Å². The molecule has 1 aromatic rings. The molecule has 2 rings (SSSR count). The molecule has 2 heterocycles. The van der Waals surface area contributed by atoms with Crippen LogP contribution >= 0.6 is 0 Å². The zero-order chi connectivity index (χ0) is 10.1. The highest BCUT2D eigenvalue weighted by Gasteiger charge is 2.21. The minimum atomic E-state index is 0.108. The van der Waals surface area contributed by atoms with E-state index < -0.39 is 0 Å². The molecule has 0 unspecified atom stereocenters. The minimum Gasteiger partial charge on any atom is -0.348 e. The number of hydrogen-bond donors (Lipinski definition) is 0. The fourth-order valence-electron chi connectivity index (χ4n) is 1.87. The van der Waals surface area contributed by atoms with Gasteiger partial charge in [-0.1, -0.05) is 13.8 Å². The number of aromatic nitrogens is 1. The number of fused-ring (bicyclic) bond motifs is 1. The molecule has 1 aliphatic rings. The van der Waals surface area contributed by atoms with Crippen LogP contribution in [0.3, 0.4) is 0 Å². The quantitative estimate of drug-likeness (QED) is 0.661. The second kappa shape index (κ2) is 3.48. The lowest BCUT2D eigenvalue weighted by atomic mass is 10.1. The lowest BCUT2D eigenvalue weighted by Crippen LogP contribution is -2.39. The zero-order valence-corrected chi connectivity index (χ0v) is 8.73. The summed E-state index contributed by atoms with van der Waals surface area (Å²) in [7, 11) is 0. The molecule has 0 spiro atoms. The molecule has 0 aromatic carbocycles. The van der Waals surface area contributed by atoms with Gasteiger partial charge in [-0.25, -0.2) is 0 Å². The van der Waals surface area contributed by atoms with Crippen LogP contribution in [0.25, 0.3) is 0 Å². The summed E-state index contributed by atoms with van der Waals surface area (Å²) in [6, 6.07) is 4.12. The molecule has 1 aliphatic heterocycles. The van der Waals surface area contributed by atoms with Gasteiger partial charge in [0, 0.05) is 30.9 Å². The van der Waals surface area contributed by atoms with Crippen molar-refractivity contribution in [2.24, 2.45) is 5.92 Å². The van der Waals surface area contributed by atoms with Gasteiger partial charge in [0.25, 0.3) is 0 Å². The van der Waals surface area contributed by atoms with Crippen LogP contribution in [0, 0.1) is 5.92 Å². The topological polar surface area (TPSA) is 25.2 Å². The second-order valence-corrected chi connectivity index (χ2v) is 4.11. The Labute approximate surface area is 84.3 Å². The van der Waals surface area contributed by atoms with E-state index in [4.69, 9.17) is 0 Å². The lowest BCUT2D eigenvalue weighted by molar-refractivity contribution is -0.135. The number of carbonyl (C=O) groups is 1. The van der Waals surface area contributed by atoms with E-state index in [0.717, 1.165) is 19.6 Å². The van der Waals surface area contributed by atoms with E-state index >= 15 is 0 Å². The van der Waals surface area contributed by atoms with Crippen molar-refractivity contribution in [3.05, 3.63) is 24.0 Å². The summed E-state index contributed by atoms with van der Waals surface area (Å²) in [6.45, 7) is 6.45. The van der Waals surface area contributed by atoms with E-state index in [-0.39, 0.29) is 11.8 Å². The predicted molar refractivity (Wildman–Crippen MR) is 54.7 cm³/mol. The molecule has 0 bridgehead atoms. The number of hydrogen-bond acceptors (Lipinski definition) is 1. The Bertz CT molecular complexity index is 341. The number of rotatable bonds is 1. The third-order valence-electron chi connectivity index (χ3n) is 2.69. The average molecular weight is 192 g/mol. The molecule has 0 aliphatic carbocycles. The molecule has 0 atom stereocenters. The first-order chi connectivity index (χ1) is 6.68. The van der Waals surface area contributed by atoms with Crippen LogP contribution in [0.4, 0.5) is 0 Å². The first-order valence-electron chi connectivity index (χ1n) is 5.11. The standard InChI is InChI=1S/C11H16N2O/c1-9(2)11(14)13-7-6-12-5-3-4-10(12)8-13/h3-5,9H,6-8H2,1-2H3. The highest BCUT2D eigenvalue weighted by atomic mass is 16.2. The molecule has 3 nitrogen and oxygen atoms in total. The van der Waals surface area contributed by atoms with Crippen molar-refractivity contribution in [3.63, 3.8) is 0 Å². The molecular weight excluding hydrogens is 176 g/mol. The van der Waals surface area contributed by atoms with Crippen molar-refractivity contribution < 1.29 is 4.79 Å². The normalized spacial score (nSPS) is 15.8. The van der Waals surface area contributed by atoms with Gasteiger partial charge in [-0.2, -0.15) is 0 Å². The summed E-state index contributed by atoms with van der Waals surface area (Å²) in [5, 5.41) is 0. The van der Waals surface area contributed by atoms with E-state index in [2.05, 4.69) is 16.8 Å². The maximum absolute atomic E-state index is 11.7. The molecule has 0 saturated carbocycles. The highest BCUT2D eigenvalue weighted by Crippen LogP contribution is 2.14. The lowest BCUT2D eigenvalue weighted by Gasteiger charge is -2.29. The first kappa shape index (κ1) is 9.31. The molecule has 0 N–H and O–H groups in total. The molecule has 1 amide bonds. The van der Waals surface area contributed by atoms with Crippen LogP contribution in [-0.2, 0) is 17.9 Å². The van der Waals surface area contributed by atoms with Crippen LogP contribution in [0.1, 0.15) is 19.5 Å². The molecule has 3 heteroatoms. The Morgan fingerprint density at radius 2 is 2.21 bits per heavy atom. The van der Waals surface area contributed by atoms with Crippen molar-refractivity contribution in [2.45, 2.75) is 26.9 Å². The molecule has 76 valence electrons. The van der Waals surface area contributed by atoms with E-state index in [0.29, 0.717) is 0 Å². The summed E-state index contributed by atoms with van der Waals surface area (Å²) in [4.78, 5) is 13.7. The smallest absolute Gasteiger partial charge is 0.225 e. The maximum Gasteiger partial charge on any atom is 0.225 e. The average Bonchev–Trinajstić information content (AvgIpc) is 2.62. The Kier molecular flexibility index (Phi) is 2.32. The van der Waals surface area contributed by atoms with E-state index in [1.165, 1.54) is 5.69 Å². The highest BCUT2D eigenvalue weighted by molar-refractivity contribution is 5.78. The Morgan fingerprint density at radius 1 is 1.43 bits per heavy atom. The summed E-state index contributed by atoms with van der Waals surface area (Å²) in [5.74, 6) is 0.369. The van der Waals surface area contributed by atoms with E-state index in [1.807, 2.05) is 24.8 Å². The first-order valence-corrected chi connectivity index (χ1v) is 5.11. The Balaban J connectivity index is 2.11. The Morgan fingerprint density at radius 3 is 2.93 bits per heavy atom. The third kappa shape index (κ3) is 1.54. The fraction of sp³-hybridized carbons (Fsp3) is 0.545. The molecule has 0 radical (unpaired) electrons. The van der Waals surface area contributed by atoms with Crippen LogP contribution in [0.15, 0.2) is 18.3 Å². The fourth-order valence-corrected chi connectivity index (χ4v) is 1.87. The van der Waals surface area contributed by atoms with Gasteiger partial charge in [-0.05, 0) is 12.1 Å². The monoisotopic (exact) mass is 192 g/mol. The van der Waals surface area contributed by atoms with Gasteiger partial charge in [0.2, 0.25) is 5.91 Å². The van der Waals surface area contributed by atoms with Crippen molar-refractivity contribution in [1.29, 1.82) is 0 Å². The van der Waals surface area contributed by atoms with Crippen LogP contribution < -0.4 is 0 Å². The van der Waals surface area contributed by atoms with Gasteiger partial charge in [-0.3, -0.25) is 4.79 Å². The number of nitrogens with zero attached hydrogens (tertiary/aromatic N) is 2. The maximum atomic E-state index is 11.7. The van der Waals surface area contributed by atoms with E-state index in [1.54, 1.807) is 0 Å². The predicted octanol–water partition coefficient (Wildman–Crippen LogP) is 1.49. The summed E-state index contributed by atoms with van der Waals surface area (Å²) in [6.07, 6.45) is 2.08. The van der Waals surface area contributed by atoms with Crippen LogP contribution in [-0.4, -0.2) is 21.9 Å². The summed E-state index contributed by atoms with van der Waals surface area (Å²) < 4.78 is 2.21. The summed E-state index contributed by atoms with van der Waals surface area (Å²) >= 11 is 0. The largest absolute Gasteiger partial charge is 0.348 e. The SMILES string of the molecule is CC(C)C(=O)N1CCn2cccc2C1. The van der Waals surface area contributed by atoms with Gasteiger partial charge in [-0.15, -0.1) is 0 Å². The van der Waals surface area contributed by atoms with Gasteiger partial charge >= 0.3 is 0 Å². The van der Waals surface area contributed by atoms with Gasteiger partial charge in [0.1, 0.15) is 0 Å². The second-order valence-electron chi connectivity index (χ2n) is 4.11. The molecule has 14 heavy (non-hydrogen) atoms. The van der Waals surface area contributed by atoms with Gasteiger partial charge in [0.05, 0.1) is 6.54 Å². The van der Waals surface area contributed by atoms with Crippen molar-refractivity contribution >= 4 is 5.91 Å². The van der Waals surface area contributed by atoms with Crippen molar-refractivity contribution in [2.75, 3.05) is 6.54 Å². The number of carbonyl (C=O) groups excluding carboxylic acids is 1. The van der Waals surface area contributed by atoms with E-state index in [9.17, 15) is 4.79 Å². The van der Waals surface area contributed by atoms with Crippen molar-refractivity contribution in [3.8, 4) is 0 Å². The zero-order valence-electron chi connectivity index (χ0n) is 8.73. The minimum absolute atomic E-state index is 0.108. The molecular formula is C11H16N2O. The molecule has 0 fully saturated rings. The van der Waals surface area contributed by atoms with Crippen LogP contribution in [0.5, 0.6) is 0 Å².